The van der Waals surface area contributed by atoms with Crippen molar-refractivity contribution in [3.8, 4) is 0 Å². The summed E-state index contributed by atoms with van der Waals surface area (Å²) in [6, 6.07) is 4.36. The smallest absolute Gasteiger partial charge is 0.328 e. The largest absolute Gasteiger partial charge is 0.478 e. The van der Waals surface area contributed by atoms with E-state index < -0.39 is 16.0 Å². The van der Waals surface area contributed by atoms with Crippen molar-refractivity contribution in [3.63, 3.8) is 0 Å². The number of hydrogen-bond acceptors (Lipinski definition) is 5. The van der Waals surface area contributed by atoms with Crippen molar-refractivity contribution < 1.29 is 18.3 Å². The summed E-state index contributed by atoms with van der Waals surface area (Å²) in [4.78, 5) is 18.0. The van der Waals surface area contributed by atoms with Gasteiger partial charge >= 0.3 is 5.97 Å². The van der Waals surface area contributed by atoms with Crippen LogP contribution >= 0.6 is 0 Å². The lowest BCUT2D eigenvalue weighted by molar-refractivity contribution is -0.131. The van der Waals surface area contributed by atoms with Crippen molar-refractivity contribution in [1.29, 1.82) is 0 Å². The monoisotopic (exact) mass is 305 g/mol. The van der Waals surface area contributed by atoms with E-state index in [2.05, 4.69) is 14.7 Å². The lowest BCUT2D eigenvalue weighted by Gasteiger charge is -2.07. The summed E-state index contributed by atoms with van der Waals surface area (Å²) in [5.74, 6) is -1.13. The summed E-state index contributed by atoms with van der Waals surface area (Å²) in [7, 11) is -3.80. The van der Waals surface area contributed by atoms with E-state index in [0.29, 0.717) is 11.3 Å². The number of sulfonamides is 1. The maximum absolute atomic E-state index is 12.2. The molecule has 0 unspecified atom stereocenters. The first-order valence-electron chi connectivity index (χ1n) is 5.76. The molecule has 0 bridgehead atoms. The topological polar surface area (TPSA) is 109 Å². The van der Waals surface area contributed by atoms with Gasteiger partial charge in [-0.05, 0) is 29.8 Å². The SMILES string of the molecule is O=C(O)C=Cc1cncc(S(=O)(=O)Nc2ccncc2)c1. The third-order valence-electron chi connectivity index (χ3n) is 2.40. The van der Waals surface area contributed by atoms with Gasteiger partial charge in [0.2, 0.25) is 0 Å². The lowest BCUT2D eigenvalue weighted by atomic mass is 10.2. The average Bonchev–Trinajstić information content (AvgIpc) is 2.46. The van der Waals surface area contributed by atoms with E-state index in [1.165, 1.54) is 49.1 Å². The number of hydrogen-bond donors (Lipinski definition) is 2. The van der Waals surface area contributed by atoms with Gasteiger partial charge in [-0.25, -0.2) is 13.2 Å². The Labute approximate surface area is 121 Å². The molecule has 7 nitrogen and oxygen atoms in total. The lowest BCUT2D eigenvalue weighted by Crippen LogP contribution is -2.13. The quantitative estimate of drug-likeness (QED) is 0.808. The van der Waals surface area contributed by atoms with Crippen LogP contribution in [0.4, 0.5) is 5.69 Å². The fourth-order valence-corrected chi connectivity index (χ4v) is 2.53. The summed E-state index contributed by atoms with van der Waals surface area (Å²) >= 11 is 0. The molecule has 0 amide bonds. The van der Waals surface area contributed by atoms with Gasteiger partial charge in [0.05, 0.1) is 5.69 Å². The van der Waals surface area contributed by atoms with Crippen LogP contribution in [0.5, 0.6) is 0 Å². The fraction of sp³-hybridized carbons (Fsp3) is 0. The number of carbonyl (C=O) groups is 1. The molecule has 2 heterocycles. The summed E-state index contributed by atoms with van der Waals surface area (Å²) in [5.41, 5.74) is 0.742. The van der Waals surface area contributed by atoms with Crippen molar-refractivity contribution in [2.45, 2.75) is 4.90 Å². The molecule has 0 fully saturated rings. The Morgan fingerprint density at radius 3 is 2.57 bits per heavy atom. The maximum Gasteiger partial charge on any atom is 0.328 e. The van der Waals surface area contributed by atoms with E-state index in [-0.39, 0.29) is 4.90 Å². The number of pyridine rings is 2. The van der Waals surface area contributed by atoms with Crippen LogP contribution in [0.3, 0.4) is 0 Å². The highest BCUT2D eigenvalue weighted by Gasteiger charge is 2.14. The molecule has 2 rings (SSSR count). The Morgan fingerprint density at radius 1 is 1.19 bits per heavy atom. The second-order valence-electron chi connectivity index (χ2n) is 3.97. The minimum atomic E-state index is -3.80. The first kappa shape index (κ1) is 14.7. The number of carboxylic acids is 1. The molecule has 0 atom stereocenters. The van der Waals surface area contributed by atoms with Crippen LogP contribution in [0, 0.1) is 0 Å². The van der Waals surface area contributed by atoms with E-state index in [1.807, 2.05) is 0 Å². The van der Waals surface area contributed by atoms with Crippen molar-refractivity contribution in [2.24, 2.45) is 0 Å². The first-order chi connectivity index (χ1) is 9.97. The van der Waals surface area contributed by atoms with Crippen molar-refractivity contribution in [3.05, 3.63) is 54.6 Å². The first-order valence-corrected chi connectivity index (χ1v) is 7.24. The second kappa shape index (κ2) is 6.14. The zero-order chi connectivity index (χ0) is 15.3. The van der Waals surface area contributed by atoms with E-state index in [0.717, 1.165) is 6.08 Å². The van der Waals surface area contributed by atoms with Gasteiger partial charge < -0.3 is 5.11 Å². The molecule has 8 heteroatoms. The predicted octanol–water partition coefficient (Wildman–Crippen LogP) is 1.38. The van der Waals surface area contributed by atoms with Gasteiger partial charge in [-0.1, -0.05) is 0 Å². The predicted molar refractivity (Wildman–Crippen MR) is 76.0 cm³/mol. The number of anilines is 1. The minimum Gasteiger partial charge on any atom is -0.478 e. The molecule has 0 aliphatic carbocycles. The third kappa shape index (κ3) is 4.11. The number of rotatable bonds is 5. The number of nitrogens with one attached hydrogen (secondary N) is 1. The average molecular weight is 305 g/mol. The summed E-state index contributed by atoms with van der Waals surface area (Å²) in [6.07, 6.45) is 7.64. The van der Waals surface area contributed by atoms with Crippen LogP contribution in [-0.4, -0.2) is 29.5 Å². The molecule has 2 aromatic rings. The van der Waals surface area contributed by atoms with Crippen LogP contribution < -0.4 is 4.72 Å². The van der Waals surface area contributed by atoms with Crippen LogP contribution in [0.25, 0.3) is 6.08 Å². The molecule has 0 spiro atoms. The Morgan fingerprint density at radius 2 is 1.90 bits per heavy atom. The third-order valence-corrected chi connectivity index (χ3v) is 3.74. The van der Waals surface area contributed by atoms with Crippen molar-refractivity contribution >= 4 is 27.8 Å². The summed E-state index contributed by atoms with van der Waals surface area (Å²) in [6.45, 7) is 0. The minimum absolute atomic E-state index is 0.0631. The standard InChI is InChI=1S/C13H11N3O4S/c17-13(18)2-1-10-7-12(9-15-8-10)21(19,20)16-11-3-5-14-6-4-11/h1-9H,(H,14,16)(H,17,18). The van der Waals surface area contributed by atoms with Gasteiger partial charge in [0, 0.05) is 30.9 Å². The van der Waals surface area contributed by atoms with Gasteiger partial charge in [0.1, 0.15) is 4.90 Å². The Bertz CT molecular complexity index is 773. The molecular formula is C13H11N3O4S. The maximum atomic E-state index is 12.2. The molecule has 0 aliphatic heterocycles. The van der Waals surface area contributed by atoms with Crippen LogP contribution in [0.1, 0.15) is 5.56 Å². The summed E-state index contributed by atoms with van der Waals surface area (Å²) in [5, 5.41) is 8.56. The molecule has 0 saturated carbocycles. The van der Waals surface area contributed by atoms with Crippen LogP contribution in [-0.2, 0) is 14.8 Å². The van der Waals surface area contributed by atoms with E-state index >= 15 is 0 Å². The van der Waals surface area contributed by atoms with Gasteiger partial charge in [-0.3, -0.25) is 14.7 Å². The Kier molecular flexibility index (Phi) is 4.29. The Hall–Kier alpha value is -2.74. The fourth-order valence-electron chi connectivity index (χ4n) is 1.48. The molecule has 2 aromatic heterocycles. The molecule has 0 radical (unpaired) electrons. The van der Waals surface area contributed by atoms with Gasteiger partial charge in [-0.15, -0.1) is 0 Å². The summed E-state index contributed by atoms with van der Waals surface area (Å²) < 4.78 is 26.7. The van der Waals surface area contributed by atoms with E-state index in [9.17, 15) is 13.2 Å². The van der Waals surface area contributed by atoms with Gasteiger partial charge in [0.25, 0.3) is 10.0 Å². The van der Waals surface area contributed by atoms with Gasteiger partial charge in [-0.2, -0.15) is 0 Å². The number of aliphatic carboxylic acids is 1. The molecular weight excluding hydrogens is 294 g/mol. The van der Waals surface area contributed by atoms with E-state index in [4.69, 9.17) is 5.11 Å². The zero-order valence-corrected chi connectivity index (χ0v) is 11.5. The molecule has 108 valence electrons. The highest BCUT2D eigenvalue weighted by atomic mass is 32.2. The van der Waals surface area contributed by atoms with Crippen LogP contribution in [0.2, 0.25) is 0 Å². The van der Waals surface area contributed by atoms with Crippen molar-refractivity contribution in [1.82, 2.24) is 9.97 Å². The highest BCUT2D eigenvalue weighted by molar-refractivity contribution is 7.92. The molecule has 0 saturated heterocycles. The number of nitrogens with zero attached hydrogens (tertiary/aromatic N) is 2. The zero-order valence-electron chi connectivity index (χ0n) is 10.7. The second-order valence-corrected chi connectivity index (χ2v) is 5.65. The van der Waals surface area contributed by atoms with Gasteiger partial charge in [0.15, 0.2) is 0 Å². The molecule has 21 heavy (non-hydrogen) atoms. The highest BCUT2D eigenvalue weighted by Crippen LogP contribution is 2.15. The normalized spacial score (nSPS) is 11.4. The molecule has 0 aliphatic rings. The van der Waals surface area contributed by atoms with Crippen molar-refractivity contribution in [2.75, 3.05) is 4.72 Å². The van der Waals surface area contributed by atoms with Crippen LogP contribution in [0.15, 0.2) is 54.0 Å². The number of carboxylic acid groups (broad SMARTS) is 1. The number of aromatic nitrogens is 2. The molecule has 0 aromatic carbocycles. The van der Waals surface area contributed by atoms with E-state index in [1.54, 1.807) is 0 Å². The Balaban J connectivity index is 2.28. The molecule has 2 N–H and O–H groups in total.